The molecule has 0 unspecified atom stereocenters. The largest absolute Gasteiger partial charge is 0.382 e. The zero-order valence-electron chi connectivity index (χ0n) is 14.4. The Kier molecular flexibility index (Phi) is 4.38. The molecule has 1 atom stereocenters. The highest BCUT2D eigenvalue weighted by molar-refractivity contribution is 5.94. The minimum absolute atomic E-state index is 0.159. The molecule has 1 amide bonds. The molecule has 1 fully saturated rings. The molecule has 2 heterocycles. The number of aromatic nitrogens is 2. The molecule has 1 aliphatic carbocycles. The van der Waals surface area contributed by atoms with E-state index >= 15 is 0 Å². The number of amides is 1. The highest BCUT2D eigenvalue weighted by Crippen LogP contribution is 2.26. The fraction of sp³-hybridized carbons (Fsp3) is 0.450. The van der Waals surface area contributed by atoms with Crippen molar-refractivity contribution < 1.29 is 4.79 Å². The fourth-order valence-electron chi connectivity index (χ4n) is 4.11. The number of likely N-dealkylation sites (tertiary alicyclic amines) is 1. The van der Waals surface area contributed by atoms with Crippen LogP contribution >= 0.6 is 0 Å². The molecule has 2 N–H and O–H groups in total. The van der Waals surface area contributed by atoms with E-state index in [0.717, 1.165) is 56.5 Å². The number of aryl methyl sites for hydroxylation is 2. The second-order valence-electron chi connectivity index (χ2n) is 7.19. The van der Waals surface area contributed by atoms with Gasteiger partial charge in [0.25, 0.3) is 5.91 Å². The van der Waals surface area contributed by atoms with Gasteiger partial charge in [-0.3, -0.25) is 9.78 Å². The maximum Gasteiger partial charge on any atom is 0.253 e. The first kappa shape index (κ1) is 16.1. The lowest BCUT2D eigenvalue weighted by atomic mass is 9.92. The van der Waals surface area contributed by atoms with Crippen molar-refractivity contribution in [3.8, 4) is 0 Å². The second kappa shape index (κ2) is 6.82. The quantitative estimate of drug-likeness (QED) is 0.935. The van der Waals surface area contributed by atoms with Crippen molar-refractivity contribution in [1.29, 1.82) is 0 Å². The number of benzene rings is 1. The summed E-state index contributed by atoms with van der Waals surface area (Å²) in [4.78, 5) is 23.4. The predicted octanol–water partition coefficient (Wildman–Crippen LogP) is 2.64. The molecule has 0 bridgehead atoms. The molecule has 2 aromatic rings. The molecule has 2 aliphatic rings. The third-order valence-electron chi connectivity index (χ3n) is 5.44. The summed E-state index contributed by atoms with van der Waals surface area (Å²) >= 11 is 0. The van der Waals surface area contributed by atoms with Crippen molar-refractivity contribution in [2.45, 2.75) is 38.5 Å². The smallest absolute Gasteiger partial charge is 0.253 e. The number of nitrogens with two attached hydrogens (primary N) is 1. The maximum absolute atomic E-state index is 12.9. The molecule has 1 aliphatic heterocycles. The molecule has 1 aromatic carbocycles. The van der Waals surface area contributed by atoms with E-state index < -0.39 is 0 Å². The van der Waals surface area contributed by atoms with Gasteiger partial charge < -0.3 is 10.6 Å². The van der Waals surface area contributed by atoms with Crippen LogP contribution in [0.5, 0.6) is 0 Å². The molecule has 130 valence electrons. The minimum Gasteiger partial charge on any atom is -0.382 e. The summed E-state index contributed by atoms with van der Waals surface area (Å²) in [6.07, 6.45) is 9.67. The normalized spacial score (nSPS) is 19.7. The van der Waals surface area contributed by atoms with Crippen LogP contribution in [0, 0.1) is 5.92 Å². The van der Waals surface area contributed by atoms with Gasteiger partial charge in [-0.2, -0.15) is 0 Å². The summed E-state index contributed by atoms with van der Waals surface area (Å²) < 4.78 is 0. The van der Waals surface area contributed by atoms with E-state index in [0.29, 0.717) is 11.7 Å². The van der Waals surface area contributed by atoms with Gasteiger partial charge in [0, 0.05) is 31.0 Å². The second-order valence-corrected chi connectivity index (χ2v) is 7.19. The third-order valence-corrected chi connectivity index (χ3v) is 5.44. The van der Waals surface area contributed by atoms with E-state index in [4.69, 9.17) is 5.73 Å². The van der Waals surface area contributed by atoms with Crippen LogP contribution in [-0.2, 0) is 19.3 Å². The molecule has 25 heavy (non-hydrogen) atoms. The van der Waals surface area contributed by atoms with Gasteiger partial charge in [-0.25, -0.2) is 4.98 Å². The Morgan fingerprint density at radius 3 is 2.88 bits per heavy atom. The predicted molar refractivity (Wildman–Crippen MR) is 97.2 cm³/mol. The molecule has 5 heteroatoms. The highest BCUT2D eigenvalue weighted by Gasteiger charge is 2.26. The van der Waals surface area contributed by atoms with Crippen LogP contribution in [0.1, 0.15) is 46.4 Å². The zero-order valence-corrected chi connectivity index (χ0v) is 14.4. The first-order valence-corrected chi connectivity index (χ1v) is 9.17. The van der Waals surface area contributed by atoms with E-state index in [1.54, 1.807) is 12.4 Å². The molecule has 0 saturated carbocycles. The van der Waals surface area contributed by atoms with E-state index in [-0.39, 0.29) is 5.91 Å². The summed E-state index contributed by atoms with van der Waals surface area (Å²) in [6, 6.07) is 6.24. The number of nitrogens with zero attached hydrogens (tertiary/aromatic N) is 3. The molecular weight excluding hydrogens is 312 g/mol. The number of piperidine rings is 1. The molecule has 1 saturated heterocycles. The Morgan fingerprint density at radius 1 is 1.16 bits per heavy atom. The van der Waals surface area contributed by atoms with Gasteiger partial charge in [0.15, 0.2) is 0 Å². The Labute approximate surface area is 148 Å². The Bertz CT molecular complexity index is 789. The summed E-state index contributed by atoms with van der Waals surface area (Å²) in [5, 5.41) is 0. The molecular formula is C20H24N4O. The lowest BCUT2D eigenvalue weighted by molar-refractivity contribution is 0.0673. The summed E-state index contributed by atoms with van der Waals surface area (Å²) in [6.45, 7) is 1.61. The number of anilines is 1. The van der Waals surface area contributed by atoms with Crippen LogP contribution in [0.3, 0.4) is 0 Å². The van der Waals surface area contributed by atoms with Crippen LogP contribution in [0.4, 0.5) is 5.82 Å². The number of carbonyl (C=O) groups excluding carboxylic acids is 1. The first-order chi connectivity index (χ1) is 12.2. The zero-order chi connectivity index (χ0) is 17.2. The highest BCUT2D eigenvalue weighted by atomic mass is 16.2. The monoisotopic (exact) mass is 336 g/mol. The van der Waals surface area contributed by atoms with Gasteiger partial charge in [-0.1, -0.05) is 6.07 Å². The van der Waals surface area contributed by atoms with Crippen molar-refractivity contribution in [1.82, 2.24) is 14.9 Å². The summed E-state index contributed by atoms with van der Waals surface area (Å²) in [5.41, 5.74) is 10.4. The fourth-order valence-corrected chi connectivity index (χ4v) is 4.11. The Morgan fingerprint density at radius 2 is 2.00 bits per heavy atom. The number of hydrogen-bond donors (Lipinski definition) is 1. The molecule has 0 radical (unpaired) electrons. The standard InChI is InChI=1S/C20H24N4O/c21-19-18(22-8-9-23-19)11-14-3-2-10-24(13-14)20(25)17-7-6-15-4-1-5-16(15)12-17/h6-9,12,14H,1-5,10-11,13H2,(H2,21,23)/t14-/m0/s1. The number of carbonyl (C=O) groups is 1. The lowest BCUT2D eigenvalue weighted by Crippen LogP contribution is -2.40. The number of hydrogen-bond acceptors (Lipinski definition) is 4. The van der Waals surface area contributed by atoms with Crippen LogP contribution in [0.2, 0.25) is 0 Å². The lowest BCUT2D eigenvalue weighted by Gasteiger charge is -2.33. The van der Waals surface area contributed by atoms with Gasteiger partial charge in [0.2, 0.25) is 0 Å². The van der Waals surface area contributed by atoms with Crippen molar-refractivity contribution in [3.63, 3.8) is 0 Å². The molecule has 4 rings (SSSR count). The number of fused-ring (bicyclic) bond motifs is 1. The molecule has 0 spiro atoms. The average molecular weight is 336 g/mol. The summed E-state index contributed by atoms with van der Waals surface area (Å²) in [7, 11) is 0. The van der Waals surface area contributed by atoms with Crippen molar-refractivity contribution in [2.24, 2.45) is 5.92 Å². The van der Waals surface area contributed by atoms with E-state index in [2.05, 4.69) is 22.1 Å². The van der Waals surface area contributed by atoms with E-state index in [1.807, 2.05) is 11.0 Å². The number of nitrogen functional groups attached to an aromatic ring is 1. The average Bonchev–Trinajstić information content (AvgIpc) is 3.11. The Hall–Kier alpha value is -2.43. The van der Waals surface area contributed by atoms with Crippen LogP contribution in [-0.4, -0.2) is 33.9 Å². The topological polar surface area (TPSA) is 72.1 Å². The Balaban J connectivity index is 1.45. The maximum atomic E-state index is 12.9. The van der Waals surface area contributed by atoms with E-state index in [9.17, 15) is 4.79 Å². The summed E-state index contributed by atoms with van der Waals surface area (Å²) in [5.74, 6) is 1.06. The molecule has 1 aromatic heterocycles. The van der Waals surface area contributed by atoms with Crippen LogP contribution in [0.15, 0.2) is 30.6 Å². The SMILES string of the molecule is Nc1nccnc1C[C@@H]1CCCN(C(=O)c2ccc3c(c2)CCC3)C1. The van der Waals surface area contributed by atoms with E-state index in [1.165, 1.54) is 17.5 Å². The minimum atomic E-state index is 0.159. The van der Waals surface area contributed by atoms with Crippen molar-refractivity contribution in [3.05, 3.63) is 53.0 Å². The van der Waals surface area contributed by atoms with Gasteiger partial charge in [-0.05, 0) is 67.7 Å². The van der Waals surface area contributed by atoms with Crippen molar-refractivity contribution >= 4 is 11.7 Å². The van der Waals surface area contributed by atoms with Crippen molar-refractivity contribution in [2.75, 3.05) is 18.8 Å². The van der Waals surface area contributed by atoms with Gasteiger partial charge in [0.05, 0.1) is 5.69 Å². The third kappa shape index (κ3) is 3.36. The van der Waals surface area contributed by atoms with Gasteiger partial charge >= 0.3 is 0 Å². The van der Waals surface area contributed by atoms with Gasteiger partial charge in [-0.15, -0.1) is 0 Å². The molecule has 5 nitrogen and oxygen atoms in total. The number of rotatable bonds is 3. The van der Waals surface area contributed by atoms with Crippen LogP contribution in [0.25, 0.3) is 0 Å². The van der Waals surface area contributed by atoms with Gasteiger partial charge in [0.1, 0.15) is 5.82 Å². The first-order valence-electron chi connectivity index (χ1n) is 9.17. The van der Waals surface area contributed by atoms with Crippen LogP contribution < -0.4 is 5.73 Å².